The first-order chi connectivity index (χ1) is 29.3. The molecule has 4 aromatic rings. The van der Waals surface area contributed by atoms with Crippen LogP contribution >= 0.6 is 11.3 Å². The van der Waals surface area contributed by atoms with Crippen molar-refractivity contribution < 1.29 is 37.0 Å². The number of benzene rings is 3. The normalized spacial score (nSPS) is 13.9. The number of nitrogens with two attached hydrogens (primary N) is 1. The Morgan fingerprint density at radius 1 is 0.937 bits per heavy atom. The van der Waals surface area contributed by atoms with Crippen molar-refractivity contribution in [1.29, 1.82) is 0 Å². The molecular formula is C46H66FN7O7S2. The molecular weight excluding hydrogens is 846 g/mol. The first-order valence-electron chi connectivity index (χ1n) is 21.2. The van der Waals surface area contributed by atoms with Crippen LogP contribution in [0.5, 0.6) is 0 Å². The standard InChI is InChI=1S/C46H66FN7O7S2/c1-31(2)27-53(63(59,60)35-20-21-36-39(26-35)62-43(50-36)49-22-15-23-51(9)10)29-38(55)37(25-32-16-12-11-13-17-32)54(41(42(48)57)45(3,4)5)40(56)30-52(44(58)61-46(6,7)8)28-33-18-14-19-34(47)24-33/h11-14,16-21,24,26,31,37-38,41,55H,15,22-23,25,27-30H2,1-10H3,(H2,48,57)(H,49,50)/t37-,38+,41+/m0/s1. The summed E-state index contributed by atoms with van der Waals surface area (Å²) in [4.78, 5) is 51.5. The van der Waals surface area contributed by atoms with E-state index in [4.69, 9.17) is 10.5 Å². The van der Waals surface area contributed by atoms with Gasteiger partial charge in [-0.05, 0) is 107 Å². The number of sulfonamides is 1. The molecule has 0 aliphatic carbocycles. The van der Waals surface area contributed by atoms with Crippen LogP contribution in [0.15, 0.2) is 77.7 Å². The van der Waals surface area contributed by atoms with E-state index in [1.54, 1.807) is 84.0 Å². The van der Waals surface area contributed by atoms with Crippen molar-refractivity contribution in [2.75, 3.05) is 52.1 Å². The molecule has 17 heteroatoms. The lowest BCUT2D eigenvalue weighted by molar-refractivity contribution is -0.151. The van der Waals surface area contributed by atoms with Gasteiger partial charge in [0, 0.05) is 26.2 Å². The second-order valence-corrected chi connectivity index (χ2v) is 21.7. The van der Waals surface area contributed by atoms with Crippen LogP contribution in [0, 0.1) is 17.2 Å². The van der Waals surface area contributed by atoms with Crippen LogP contribution in [0.2, 0.25) is 0 Å². The minimum absolute atomic E-state index is 0.00764. The summed E-state index contributed by atoms with van der Waals surface area (Å²) in [5.41, 5.74) is 5.86. The van der Waals surface area contributed by atoms with E-state index in [1.165, 1.54) is 44.8 Å². The summed E-state index contributed by atoms with van der Waals surface area (Å²) in [6, 6.07) is 16.7. The van der Waals surface area contributed by atoms with Gasteiger partial charge in [-0.1, -0.05) is 88.4 Å². The van der Waals surface area contributed by atoms with E-state index < -0.39 is 76.0 Å². The summed E-state index contributed by atoms with van der Waals surface area (Å²) in [5.74, 6) is -2.36. The summed E-state index contributed by atoms with van der Waals surface area (Å²) in [5, 5.41) is 16.5. The number of amides is 3. The predicted molar refractivity (Wildman–Crippen MR) is 247 cm³/mol. The number of fused-ring (bicyclic) bond motifs is 1. The van der Waals surface area contributed by atoms with Crippen LogP contribution in [0.1, 0.15) is 72.9 Å². The van der Waals surface area contributed by atoms with Crippen molar-refractivity contribution in [2.45, 2.75) is 103 Å². The van der Waals surface area contributed by atoms with E-state index in [2.05, 4.69) is 15.2 Å². The number of hydrogen-bond acceptors (Lipinski definition) is 11. The maximum Gasteiger partial charge on any atom is 0.411 e. The zero-order valence-corrected chi connectivity index (χ0v) is 39.9. The van der Waals surface area contributed by atoms with Crippen molar-refractivity contribution in [3.05, 3.63) is 89.7 Å². The molecule has 4 rings (SSSR count). The number of ether oxygens (including phenoxy) is 1. The molecule has 1 aromatic heterocycles. The van der Waals surface area contributed by atoms with Crippen LogP contribution in [0.3, 0.4) is 0 Å². The number of carbonyl (C=O) groups excluding carboxylic acids is 3. The van der Waals surface area contributed by atoms with Crippen LogP contribution in [-0.4, -0.2) is 126 Å². The fourth-order valence-corrected chi connectivity index (χ4v) is 9.93. The van der Waals surface area contributed by atoms with Gasteiger partial charge in [-0.2, -0.15) is 4.31 Å². The highest BCUT2D eigenvalue weighted by Gasteiger charge is 2.45. The second-order valence-electron chi connectivity index (χ2n) is 18.7. The molecule has 0 saturated carbocycles. The molecule has 0 aliphatic heterocycles. The lowest BCUT2D eigenvalue weighted by Gasteiger charge is -2.45. The Morgan fingerprint density at radius 2 is 1.60 bits per heavy atom. The Balaban J connectivity index is 1.80. The van der Waals surface area contributed by atoms with Gasteiger partial charge in [-0.25, -0.2) is 22.6 Å². The molecule has 63 heavy (non-hydrogen) atoms. The Labute approximate surface area is 376 Å². The molecule has 4 N–H and O–H groups in total. The highest BCUT2D eigenvalue weighted by Crippen LogP contribution is 2.32. The molecule has 0 unspecified atom stereocenters. The van der Waals surface area contributed by atoms with Gasteiger partial charge in [0.1, 0.15) is 24.0 Å². The molecule has 0 aliphatic rings. The number of carbonyl (C=O) groups is 3. The molecule has 0 spiro atoms. The topological polar surface area (TPSA) is 179 Å². The summed E-state index contributed by atoms with van der Waals surface area (Å²) in [7, 11) is -0.267. The minimum atomic E-state index is -4.28. The minimum Gasteiger partial charge on any atom is -0.444 e. The van der Waals surface area contributed by atoms with Crippen LogP contribution < -0.4 is 11.1 Å². The molecule has 1 heterocycles. The van der Waals surface area contributed by atoms with Crippen molar-refractivity contribution >= 4 is 54.6 Å². The number of aromatic nitrogens is 1. The largest absolute Gasteiger partial charge is 0.444 e. The molecule has 3 atom stereocenters. The number of nitrogens with one attached hydrogen (secondary N) is 1. The molecule has 3 aromatic carbocycles. The van der Waals surface area contributed by atoms with Gasteiger partial charge in [-0.3, -0.25) is 14.5 Å². The highest BCUT2D eigenvalue weighted by molar-refractivity contribution is 7.89. The van der Waals surface area contributed by atoms with Crippen LogP contribution in [0.4, 0.5) is 14.3 Å². The van der Waals surface area contributed by atoms with Crippen molar-refractivity contribution in [3.8, 4) is 0 Å². The second kappa shape index (κ2) is 21.8. The number of hydrogen-bond donors (Lipinski definition) is 3. The number of halogens is 1. The Hall–Kier alpha value is -4.68. The summed E-state index contributed by atoms with van der Waals surface area (Å²) in [6.07, 6.45) is -1.58. The first-order valence-corrected chi connectivity index (χ1v) is 23.5. The molecule has 0 radical (unpaired) electrons. The lowest BCUT2D eigenvalue weighted by atomic mass is 9.83. The van der Waals surface area contributed by atoms with E-state index in [1.807, 2.05) is 34.0 Å². The predicted octanol–water partition coefficient (Wildman–Crippen LogP) is 6.58. The molecule has 346 valence electrons. The third-order valence-electron chi connectivity index (χ3n) is 10.0. The highest BCUT2D eigenvalue weighted by atomic mass is 32.2. The van der Waals surface area contributed by atoms with E-state index in [-0.39, 0.29) is 30.3 Å². The van der Waals surface area contributed by atoms with Crippen molar-refractivity contribution in [2.24, 2.45) is 17.1 Å². The zero-order chi connectivity index (χ0) is 46.9. The van der Waals surface area contributed by atoms with Gasteiger partial charge in [0.25, 0.3) is 0 Å². The average Bonchev–Trinajstić information content (AvgIpc) is 3.58. The number of aliphatic hydroxyl groups excluding tert-OH is 1. The van der Waals surface area contributed by atoms with E-state index >= 15 is 4.79 Å². The third kappa shape index (κ3) is 15.0. The monoisotopic (exact) mass is 911 g/mol. The van der Waals surface area contributed by atoms with Gasteiger partial charge >= 0.3 is 6.09 Å². The van der Waals surface area contributed by atoms with Gasteiger partial charge in [0.2, 0.25) is 21.8 Å². The Morgan fingerprint density at radius 3 is 2.19 bits per heavy atom. The summed E-state index contributed by atoms with van der Waals surface area (Å²) in [6.45, 7) is 14.2. The molecule has 3 amide bonds. The van der Waals surface area contributed by atoms with Gasteiger partial charge < -0.3 is 30.7 Å². The molecule has 14 nitrogen and oxygen atoms in total. The number of anilines is 1. The molecule has 0 saturated heterocycles. The zero-order valence-electron chi connectivity index (χ0n) is 38.3. The van der Waals surface area contributed by atoms with Crippen LogP contribution in [-0.2, 0) is 37.3 Å². The maximum absolute atomic E-state index is 15.1. The third-order valence-corrected chi connectivity index (χ3v) is 12.8. The fourth-order valence-electron chi connectivity index (χ4n) is 7.28. The lowest BCUT2D eigenvalue weighted by Crippen LogP contribution is -2.64. The van der Waals surface area contributed by atoms with Gasteiger partial charge in [0.05, 0.1) is 27.3 Å². The number of rotatable bonds is 21. The number of thiazole rings is 1. The first kappa shape index (κ1) is 51.0. The fraction of sp³-hybridized carbons (Fsp3) is 0.522. The number of nitrogens with zero attached hydrogens (tertiary/aromatic N) is 5. The molecule has 0 bridgehead atoms. The quantitative estimate of drug-likeness (QED) is 0.0774. The van der Waals surface area contributed by atoms with E-state index in [9.17, 15) is 27.5 Å². The van der Waals surface area contributed by atoms with E-state index in [0.717, 1.165) is 17.9 Å². The van der Waals surface area contributed by atoms with Gasteiger partial charge in [0.15, 0.2) is 5.13 Å². The maximum atomic E-state index is 15.1. The van der Waals surface area contributed by atoms with E-state index in [0.29, 0.717) is 33.0 Å². The average molecular weight is 912 g/mol. The van der Waals surface area contributed by atoms with Crippen molar-refractivity contribution in [1.82, 2.24) is 24.0 Å². The van der Waals surface area contributed by atoms with Crippen LogP contribution in [0.25, 0.3) is 10.2 Å². The summed E-state index contributed by atoms with van der Waals surface area (Å²) < 4.78 is 51.3. The Bertz CT molecular complexity index is 2260. The number of aliphatic hydroxyl groups is 1. The van der Waals surface area contributed by atoms with Gasteiger partial charge in [-0.15, -0.1) is 0 Å². The van der Waals surface area contributed by atoms with Crippen molar-refractivity contribution in [3.63, 3.8) is 0 Å². The smallest absolute Gasteiger partial charge is 0.411 e. The summed E-state index contributed by atoms with van der Waals surface area (Å²) >= 11 is 1.35. The SMILES string of the molecule is CC(C)CN(C[C@@H](O)[C@H](Cc1ccccc1)N(C(=O)CN(Cc1cccc(F)c1)C(=O)OC(C)(C)C)[C@H](C(N)=O)C(C)(C)C)S(=O)(=O)c1ccc2nc(NCCCN(C)C)sc2c1. The molecule has 0 fully saturated rings. The number of primary amides is 1. The Kier molecular flexibility index (Phi) is 17.6.